The van der Waals surface area contributed by atoms with Crippen molar-refractivity contribution in [2.24, 2.45) is 5.92 Å². The van der Waals surface area contributed by atoms with Crippen LogP contribution >= 0.6 is 34.5 Å². The maximum atomic E-state index is 13.2. The van der Waals surface area contributed by atoms with Gasteiger partial charge in [0.2, 0.25) is 11.8 Å². The molecule has 1 aromatic heterocycles. The van der Waals surface area contributed by atoms with E-state index in [0.717, 1.165) is 10.1 Å². The Kier molecular flexibility index (Phi) is 9.99. The number of benzene rings is 3. The van der Waals surface area contributed by atoms with Crippen molar-refractivity contribution in [3.63, 3.8) is 0 Å². The van der Waals surface area contributed by atoms with E-state index in [1.807, 2.05) is 23.6 Å². The summed E-state index contributed by atoms with van der Waals surface area (Å²) in [5.41, 5.74) is 2.18. The zero-order valence-corrected chi connectivity index (χ0v) is 25.8. The highest BCUT2D eigenvalue weighted by atomic mass is 35.5. The van der Waals surface area contributed by atoms with Crippen LogP contribution in [0.25, 0.3) is 16.2 Å². The van der Waals surface area contributed by atoms with Gasteiger partial charge in [-0.25, -0.2) is 0 Å². The number of piperidine rings is 1. The number of carboxylic acid groups (broad SMARTS) is 1. The number of hydrogen-bond donors (Lipinski definition) is 3. The summed E-state index contributed by atoms with van der Waals surface area (Å²) in [5, 5.41) is 19.0. The molecule has 0 radical (unpaired) electrons. The molecule has 11 heteroatoms. The van der Waals surface area contributed by atoms with Crippen LogP contribution in [0.15, 0.2) is 78.2 Å². The molecule has 8 nitrogen and oxygen atoms in total. The number of nitrogens with zero attached hydrogens (tertiary/aromatic N) is 1. The number of carbonyl (C=O) groups excluding carboxylic acids is 3. The normalized spacial score (nSPS) is 14.5. The number of carboxylic acids is 1. The number of amides is 3. The van der Waals surface area contributed by atoms with E-state index in [2.05, 4.69) is 10.6 Å². The number of nitrogens with one attached hydrogen (secondary N) is 2. The highest BCUT2D eigenvalue weighted by Crippen LogP contribution is 2.37. The zero-order valence-electron chi connectivity index (χ0n) is 23.5. The van der Waals surface area contributed by atoms with Crippen molar-refractivity contribution in [1.29, 1.82) is 0 Å². The largest absolute Gasteiger partial charge is 0.481 e. The van der Waals surface area contributed by atoms with Crippen molar-refractivity contribution in [2.75, 3.05) is 18.4 Å². The number of halogens is 2. The topological polar surface area (TPSA) is 116 Å². The van der Waals surface area contributed by atoms with Crippen LogP contribution in [0.1, 0.15) is 46.8 Å². The van der Waals surface area contributed by atoms with E-state index in [-0.39, 0.29) is 30.1 Å². The molecule has 0 saturated carbocycles. The summed E-state index contributed by atoms with van der Waals surface area (Å²) >= 11 is 14.3. The minimum absolute atomic E-state index is 0.195. The van der Waals surface area contributed by atoms with Gasteiger partial charge in [-0.3, -0.25) is 19.2 Å². The molecule has 5 rings (SSSR count). The second kappa shape index (κ2) is 14.1. The fourth-order valence-corrected chi connectivity index (χ4v) is 6.60. The fraction of sp³-hybridized carbons (Fsp3) is 0.212. The lowest BCUT2D eigenvalue weighted by molar-refractivity contribution is -0.138. The van der Waals surface area contributed by atoms with Gasteiger partial charge >= 0.3 is 5.97 Å². The maximum absolute atomic E-state index is 13.2. The SMILES string of the molecule is O=C(O)CC(NC(=O)C1CCN(C(=O)C=Cc2cc3ccsc3c(Cl)c2Cl)CC1)c1cccc(NC(=O)c2ccccc2)c1. The quantitative estimate of drug-likeness (QED) is 0.168. The standard InChI is InChI=1S/C33H29Cl2N3O5S/c34-29-23(17-24-13-16-44-31(24)30(29)35)9-10-27(39)38-14-11-21(12-15-38)33(43)37-26(19-28(40)41)22-7-4-8-25(18-22)36-32(42)20-5-2-1-3-6-20/h1-10,13,16-18,21,26H,11-12,14-15,19H2,(H,36,42)(H,37,43)(H,40,41). The maximum Gasteiger partial charge on any atom is 0.305 e. The van der Waals surface area contributed by atoms with Gasteiger partial charge in [-0.15, -0.1) is 11.3 Å². The predicted molar refractivity (Wildman–Crippen MR) is 174 cm³/mol. The van der Waals surface area contributed by atoms with Crippen molar-refractivity contribution in [3.8, 4) is 0 Å². The average Bonchev–Trinajstić information content (AvgIpc) is 3.51. The molecule has 0 aliphatic carbocycles. The molecule has 1 atom stereocenters. The molecule has 44 heavy (non-hydrogen) atoms. The fourth-order valence-electron chi connectivity index (χ4n) is 5.16. The number of thiophene rings is 1. The van der Waals surface area contributed by atoms with Crippen LogP contribution in [0.3, 0.4) is 0 Å². The van der Waals surface area contributed by atoms with E-state index in [0.29, 0.717) is 58.4 Å². The minimum atomic E-state index is -1.07. The van der Waals surface area contributed by atoms with E-state index in [1.165, 1.54) is 17.4 Å². The first-order valence-electron chi connectivity index (χ1n) is 14.0. The highest BCUT2D eigenvalue weighted by Gasteiger charge is 2.29. The van der Waals surface area contributed by atoms with Crippen molar-refractivity contribution in [1.82, 2.24) is 10.2 Å². The van der Waals surface area contributed by atoms with Gasteiger partial charge in [0.05, 0.1) is 27.2 Å². The molecule has 3 aromatic carbocycles. The molecular weight excluding hydrogens is 621 g/mol. The van der Waals surface area contributed by atoms with Crippen molar-refractivity contribution in [2.45, 2.75) is 25.3 Å². The van der Waals surface area contributed by atoms with Crippen LogP contribution in [0.4, 0.5) is 5.69 Å². The summed E-state index contributed by atoms with van der Waals surface area (Å²) in [7, 11) is 0. The highest BCUT2D eigenvalue weighted by molar-refractivity contribution is 7.18. The number of anilines is 1. The lowest BCUT2D eigenvalue weighted by Crippen LogP contribution is -2.43. The second-order valence-corrected chi connectivity index (χ2v) is 12.1. The first-order chi connectivity index (χ1) is 21.2. The second-order valence-electron chi connectivity index (χ2n) is 10.5. The molecule has 4 aromatic rings. The van der Waals surface area contributed by atoms with Crippen LogP contribution in [0.5, 0.6) is 0 Å². The van der Waals surface area contributed by atoms with Crippen LogP contribution in [-0.2, 0) is 14.4 Å². The van der Waals surface area contributed by atoms with Gasteiger partial charge in [0.1, 0.15) is 0 Å². The summed E-state index contributed by atoms with van der Waals surface area (Å²) in [4.78, 5) is 52.1. The summed E-state index contributed by atoms with van der Waals surface area (Å²) < 4.78 is 0.897. The van der Waals surface area contributed by atoms with E-state index in [9.17, 15) is 24.3 Å². The smallest absolute Gasteiger partial charge is 0.305 e. The third-order valence-electron chi connectivity index (χ3n) is 7.51. The lowest BCUT2D eigenvalue weighted by atomic mass is 9.94. The first kappa shape index (κ1) is 31.3. The van der Waals surface area contributed by atoms with Gasteiger partial charge in [0.15, 0.2) is 0 Å². The van der Waals surface area contributed by atoms with Crippen LogP contribution in [0, 0.1) is 5.92 Å². The number of likely N-dealkylation sites (tertiary alicyclic amines) is 1. The van der Waals surface area contributed by atoms with Gasteiger partial charge in [-0.2, -0.15) is 0 Å². The molecule has 3 amide bonds. The van der Waals surface area contributed by atoms with Gasteiger partial charge in [0, 0.05) is 36.3 Å². The van der Waals surface area contributed by atoms with Gasteiger partial charge in [-0.1, -0.05) is 53.5 Å². The van der Waals surface area contributed by atoms with Gasteiger partial charge < -0.3 is 20.6 Å². The molecule has 0 bridgehead atoms. The molecule has 1 aliphatic rings. The number of aliphatic carboxylic acids is 1. The molecule has 0 spiro atoms. The molecule has 1 aliphatic heterocycles. The Bertz CT molecular complexity index is 1730. The zero-order chi connectivity index (χ0) is 31.2. The lowest BCUT2D eigenvalue weighted by Gasteiger charge is -2.31. The molecular formula is C33H29Cl2N3O5S. The summed E-state index contributed by atoms with van der Waals surface area (Å²) in [6, 6.07) is 18.6. The van der Waals surface area contributed by atoms with Crippen LogP contribution in [0.2, 0.25) is 10.0 Å². The van der Waals surface area contributed by atoms with E-state index in [4.69, 9.17) is 23.2 Å². The first-order valence-corrected chi connectivity index (χ1v) is 15.6. The van der Waals surface area contributed by atoms with Crippen LogP contribution < -0.4 is 10.6 Å². The Morgan fingerprint density at radius 2 is 1.73 bits per heavy atom. The van der Waals surface area contributed by atoms with E-state index < -0.39 is 12.0 Å². The van der Waals surface area contributed by atoms with E-state index >= 15 is 0 Å². The van der Waals surface area contributed by atoms with Gasteiger partial charge in [0.25, 0.3) is 5.91 Å². The van der Waals surface area contributed by atoms with Crippen molar-refractivity contribution >= 4 is 80.1 Å². The minimum Gasteiger partial charge on any atom is -0.481 e. The molecule has 1 unspecified atom stereocenters. The molecule has 1 fully saturated rings. The Hall–Kier alpha value is -4.18. The third kappa shape index (κ3) is 7.48. The Balaban J connectivity index is 1.19. The number of fused-ring (bicyclic) bond motifs is 1. The van der Waals surface area contributed by atoms with Crippen molar-refractivity contribution < 1.29 is 24.3 Å². The summed E-state index contributed by atoms with van der Waals surface area (Å²) in [5.74, 6) is -2.22. The average molecular weight is 651 g/mol. The number of rotatable bonds is 9. The van der Waals surface area contributed by atoms with E-state index in [1.54, 1.807) is 59.5 Å². The number of carbonyl (C=O) groups is 4. The summed E-state index contributed by atoms with van der Waals surface area (Å²) in [6.07, 6.45) is 3.66. The molecule has 3 N–H and O–H groups in total. The van der Waals surface area contributed by atoms with Gasteiger partial charge in [-0.05, 0) is 77.2 Å². The number of hydrogen-bond acceptors (Lipinski definition) is 5. The predicted octanol–water partition coefficient (Wildman–Crippen LogP) is 7.04. The van der Waals surface area contributed by atoms with Crippen molar-refractivity contribution in [3.05, 3.63) is 105 Å². The third-order valence-corrected chi connectivity index (χ3v) is 9.45. The Morgan fingerprint density at radius 3 is 2.45 bits per heavy atom. The van der Waals surface area contributed by atoms with Crippen LogP contribution in [-0.4, -0.2) is 46.8 Å². The Morgan fingerprint density at radius 1 is 0.977 bits per heavy atom. The monoisotopic (exact) mass is 649 g/mol. The summed E-state index contributed by atoms with van der Waals surface area (Å²) in [6.45, 7) is 0.758. The molecule has 226 valence electrons. The Labute approximate surface area is 268 Å². The molecule has 2 heterocycles. The molecule has 1 saturated heterocycles.